The molecule has 0 aromatic heterocycles. The Morgan fingerprint density at radius 1 is 1.16 bits per heavy atom. The van der Waals surface area contributed by atoms with Gasteiger partial charge in [-0.1, -0.05) is 19.3 Å². The lowest BCUT2D eigenvalue weighted by Gasteiger charge is -2.34. The minimum atomic E-state index is -3.59. The van der Waals surface area contributed by atoms with Gasteiger partial charge in [-0.15, -0.1) is 0 Å². The van der Waals surface area contributed by atoms with Crippen LogP contribution in [0.5, 0.6) is 0 Å². The number of hydrogen-bond donors (Lipinski definition) is 1. The van der Waals surface area contributed by atoms with Crippen LogP contribution in [0.25, 0.3) is 0 Å². The van der Waals surface area contributed by atoms with Crippen LogP contribution >= 0.6 is 0 Å². The van der Waals surface area contributed by atoms with Crippen LogP contribution in [0.4, 0.5) is 8.78 Å². The summed E-state index contributed by atoms with van der Waals surface area (Å²) >= 11 is 0. The predicted molar refractivity (Wildman–Crippen MR) is 68.4 cm³/mol. The summed E-state index contributed by atoms with van der Waals surface area (Å²) < 4.78 is 50.6. The third-order valence-corrected chi connectivity index (χ3v) is 4.80. The first-order chi connectivity index (χ1) is 8.74. The van der Waals surface area contributed by atoms with Crippen LogP contribution in [0.1, 0.15) is 37.7 Å². The average Bonchev–Trinajstić information content (AvgIpc) is 2.31. The maximum absolute atomic E-state index is 13.9. The largest absolute Gasteiger partial charge is 0.321 e. The van der Waals surface area contributed by atoms with Gasteiger partial charge in [0.2, 0.25) is 0 Å². The van der Waals surface area contributed by atoms with Crippen LogP contribution in [0.15, 0.2) is 17.0 Å². The topological polar surface area (TPSA) is 60.2 Å². The predicted octanol–water partition coefficient (Wildman–Crippen LogP) is 2.49. The summed E-state index contributed by atoms with van der Waals surface area (Å²) in [6.07, 6.45) is 4.72. The molecule has 3 nitrogen and oxygen atoms in total. The molecule has 0 heterocycles. The SMILES string of the molecule is CS(=O)(=O)c1cc(F)c(F)c(C2(N)CCCCC2)c1. The molecule has 0 amide bonds. The second kappa shape index (κ2) is 4.83. The van der Waals surface area contributed by atoms with E-state index >= 15 is 0 Å². The monoisotopic (exact) mass is 289 g/mol. The van der Waals surface area contributed by atoms with Gasteiger partial charge in [0.05, 0.1) is 4.90 Å². The third kappa shape index (κ3) is 2.79. The molecule has 6 heteroatoms. The van der Waals surface area contributed by atoms with Gasteiger partial charge in [-0.25, -0.2) is 17.2 Å². The Morgan fingerprint density at radius 2 is 1.74 bits per heavy atom. The van der Waals surface area contributed by atoms with Gasteiger partial charge in [0.25, 0.3) is 0 Å². The normalized spacial score (nSPS) is 19.4. The van der Waals surface area contributed by atoms with E-state index in [9.17, 15) is 17.2 Å². The zero-order chi connectivity index (χ0) is 14.3. The second-order valence-corrected chi connectivity index (χ2v) is 7.27. The van der Waals surface area contributed by atoms with E-state index in [0.29, 0.717) is 18.9 Å². The fourth-order valence-corrected chi connectivity index (χ4v) is 3.24. The fourth-order valence-electron chi connectivity index (χ4n) is 2.59. The van der Waals surface area contributed by atoms with Crippen LogP contribution in [-0.4, -0.2) is 14.7 Å². The van der Waals surface area contributed by atoms with E-state index in [-0.39, 0.29) is 10.5 Å². The lowest BCUT2D eigenvalue weighted by molar-refractivity contribution is 0.288. The van der Waals surface area contributed by atoms with Gasteiger partial charge >= 0.3 is 0 Å². The molecule has 1 aliphatic rings. The molecule has 0 bridgehead atoms. The molecular weight excluding hydrogens is 272 g/mol. The first kappa shape index (κ1) is 14.4. The standard InChI is InChI=1S/C13H17F2NO2S/c1-19(17,18)9-7-10(12(15)11(14)8-9)13(16)5-3-2-4-6-13/h7-8H,2-6,16H2,1H3. The van der Waals surface area contributed by atoms with E-state index in [1.165, 1.54) is 6.07 Å². The highest BCUT2D eigenvalue weighted by Crippen LogP contribution is 2.37. The van der Waals surface area contributed by atoms with E-state index in [1.54, 1.807) is 0 Å². The van der Waals surface area contributed by atoms with Crippen molar-refractivity contribution in [3.05, 3.63) is 29.3 Å². The Bertz CT molecular complexity index is 593. The summed E-state index contributed by atoms with van der Waals surface area (Å²) in [7, 11) is -3.59. The molecule has 1 fully saturated rings. The van der Waals surface area contributed by atoms with Crippen molar-refractivity contribution >= 4 is 9.84 Å². The van der Waals surface area contributed by atoms with Crippen molar-refractivity contribution in [2.45, 2.75) is 42.5 Å². The molecule has 106 valence electrons. The molecule has 1 aromatic rings. The van der Waals surface area contributed by atoms with Crippen LogP contribution in [0.2, 0.25) is 0 Å². The molecule has 0 atom stereocenters. The van der Waals surface area contributed by atoms with Gasteiger partial charge in [-0.3, -0.25) is 0 Å². The molecule has 0 spiro atoms. The summed E-state index contributed by atoms with van der Waals surface area (Å²) in [5, 5.41) is 0. The van der Waals surface area contributed by atoms with Crippen molar-refractivity contribution in [1.82, 2.24) is 0 Å². The number of hydrogen-bond acceptors (Lipinski definition) is 3. The Hall–Kier alpha value is -1.01. The second-order valence-electron chi connectivity index (χ2n) is 5.26. The van der Waals surface area contributed by atoms with Crippen LogP contribution in [0, 0.1) is 11.6 Å². The summed E-state index contributed by atoms with van der Waals surface area (Å²) in [6.45, 7) is 0. The molecular formula is C13H17F2NO2S. The van der Waals surface area contributed by atoms with E-state index in [2.05, 4.69) is 0 Å². The Labute approximate surface area is 111 Å². The Balaban J connectivity index is 2.59. The first-order valence-corrected chi connectivity index (χ1v) is 8.12. The minimum Gasteiger partial charge on any atom is -0.321 e. The summed E-state index contributed by atoms with van der Waals surface area (Å²) in [5.41, 5.74) is 5.17. The molecule has 1 aliphatic carbocycles. The maximum atomic E-state index is 13.9. The maximum Gasteiger partial charge on any atom is 0.175 e. The van der Waals surface area contributed by atoms with E-state index in [1.807, 2.05) is 0 Å². The van der Waals surface area contributed by atoms with E-state index < -0.39 is 27.0 Å². The molecule has 1 saturated carbocycles. The molecule has 1 aromatic carbocycles. The summed E-state index contributed by atoms with van der Waals surface area (Å²) in [6, 6.07) is 1.89. The lowest BCUT2D eigenvalue weighted by atomic mass is 9.77. The van der Waals surface area contributed by atoms with Crippen molar-refractivity contribution < 1.29 is 17.2 Å². The molecule has 2 N–H and O–H groups in total. The van der Waals surface area contributed by atoms with Crippen molar-refractivity contribution in [2.24, 2.45) is 5.73 Å². The van der Waals surface area contributed by atoms with Crippen molar-refractivity contribution in [2.75, 3.05) is 6.26 Å². The quantitative estimate of drug-likeness (QED) is 0.851. The van der Waals surface area contributed by atoms with Crippen molar-refractivity contribution in [3.8, 4) is 0 Å². The summed E-state index contributed by atoms with van der Waals surface area (Å²) in [5.74, 6) is -2.19. The van der Waals surface area contributed by atoms with Gasteiger partial charge in [0.1, 0.15) is 0 Å². The molecule has 19 heavy (non-hydrogen) atoms. The molecule has 2 rings (SSSR count). The van der Waals surface area contributed by atoms with Crippen molar-refractivity contribution in [1.29, 1.82) is 0 Å². The van der Waals surface area contributed by atoms with Gasteiger partial charge in [0.15, 0.2) is 21.5 Å². The molecule has 0 unspecified atom stereocenters. The van der Waals surface area contributed by atoms with Crippen LogP contribution < -0.4 is 5.73 Å². The molecule has 0 radical (unpaired) electrons. The number of rotatable bonds is 2. The number of halogens is 2. The van der Waals surface area contributed by atoms with Gasteiger partial charge in [-0.05, 0) is 25.0 Å². The summed E-state index contributed by atoms with van der Waals surface area (Å²) in [4.78, 5) is -0.225. The van der Waals surface area contributed by atoms with E-state index in [4.69, 9.17) is 5.73 Å². The van der Waals surface area contributed by atoms with Gasteiger partial charge in [-0.2, -0.15) is 0 Å². The van der Waals surface area contributed by atoms with Crippen LogP contribution in [0.3, 0.4) is 0 Å². The molecule has 0 aliphatic heterocycles. The average molecular weight is 289 g/mol. The zero-order valence-electron chi connectivity index (χ0n) is 10.7. The van der Waals surface area contributed by atoms with E-state index in [0.717, 1.165) is 25.5 Å². The smallest absolute Gasteiger partial charge is 0.175 e. The third-order valence-electron chi connectivity index (χ3n) is 3.71. The number of nitrogens with two attached hydrogens (primary N) is 1. The zero-order valence-corrected chi connectivity index (χ0v) is 11.6. The fraction of sp³-hybridized carbons (Fsp3) is 0.538. The highest BCUT2D eigenvalue weighted by Gasteiger charge is 2.34. The highest BCUT2D eigenvalue weighted by atomic mass is 32.2. The van der Waals surface area contributed by atoms with Gasteiger partial charge < -0.3 is 5.73 Å². The Morgan fingerprint density at radius 3 is 2.26 bits per heavy atom. The Kier molecular flexibility index (Phi) is 3.66. The number of benzene rings is 1. The highest BCUT2D eigenvalue weighted by molar-refractivity contribution is 7.90. The van der Waals surface area contributed by atoms with Gasteiger partial charge in [0, 0.05) is 17.4 Å². The minimum absolute atomic E-state index is 0.0207. The van der Waals surface area contributed by atoms with Crippen LogP contribution in [-0.2, 0) is 15.4 Å². The number of sulfone groups is 1. The van der Waals surface area contributed by atoms with Crippen molar-refractivity contribution in [3.63, 3.8) is 0 Å². The lowest BCUT2D eigenvalue weighted by Crippen LogP contribution is -2.39. The first-order valence-electron chi connectivity index (χ1n) is 6.22. The molecule has 0 saturated heterocycles.